The van der Waals surface area contributed by atoms with Gasteiger partial charge < -0.3 is 0 Å². The van der Waals surface area contributed by atoms with E-state index in [1.54, 1.807) is 0 Å². The summed E-state index contributed by atoms with van der Waals surface area (Å²) in [7, 11) is 0. The molecule has 0 fully saturated rings. The molecule has 8 aromatic carbocycles. The second kappa shape index (κ2) is 45.5. The molecular weight excluding hydrogens is 1180 g/mol. The van der Waals surface area contributed by atoms with Crippen molar-refractivity contribution in [3.8, 4) is 0 Å². The Morgan fingerprint density at radius 1 is 0.204 bits per heavy atom. The Morgan fingerprint density at radius 3 is 0.878 bits per heavy atom. The lowest BCUT2D eigenvalue weighted by atomic mass is 9.85. The van der Waals surface area contributed by atoms with Crippen molar-refractivity contribution in [2.45, 2.75) is 333 Å². The van der Waals surface area contributed by atoms with Gasteiger partial charge in [-0.05, 0) is 257 Å². The molecule has 0 aliphatic heterocycles. The Balaban J connectivity index is 0.000000562. The first-order valence-corrected chi connectivity index (χ1v) is 38.5. The van der Waals surface area contributed by atoms with Crippen molar-refractivity contribution in [3.05, 3.63) is 280 Å². The summed E-state index contributed by atoms with van der Waals surface area (Å²) in [6.07, 6.45) is 3.47. The Hall–Kier alpha value is -6.24. The van der Waals surface area contributed by atoms with Crippen LogP contribution in [0.2, 0.25) is 0 Å². The number of aryl methyl sites for hydroxylation is 8. The van der Waals surface area contributed by atoms with E-state index < -0.39 is 0 Å². The molecule has 8 rings (SSSR count). The molecule has 8 aromatic rings. The van der Waals surface area contributed by atoms with Crippen LogP contribution in [0, 0.1) is 55.4 Å². The summed E-state index contributed by atoms with van der Waals surface area (Å²) in [5.41, 5.74) is 33.6. The fourth-order valence-corrected chi connectivity index (χ4v) is 12.5. The summed E-state index contributed by atoms with van der Waals surface area (Å²) in [6, 6.07) is 55.8. The first kappa shape index (κ1) is 89.8. The van der Waals surface area contributed by atoms with Crippen LogP contribution in [0.4, 0.5) is 0 Å². The van der Waals surface area contributed by atoms with Gasteiger partial charge in [-0.15, -0.1) is 0 Å². The van der Waals surface area contributed by atoms with Crippen LogP contribution in [0.3, 0.4) is 0 Å². The maximum absolute atomic E-state index is 2.40. The molecule has 0 aliphatic rings. The Kier molecular flexibility index (Phi) is 41.7. The minimum Gasteiger partial charge on any atom is -0.0620 e. The van der Waals surface area contributed by atoms with Crippen molar-refractivity contribution < 1.29 is 0 Å². The highest BCUT2D eigenvalue weighted by molar-refractivity contribution is 5.44. The third-order valence-electron chi connectivity index (χ3n) is 19.2. The standard InChI is InChI=1S/C16H26.4C13H20.3C10H14/c1-10(2)14-8-15(11(3)4)13(7)16(9-14)12(5)6;1-9(2)12-6-11(5)7-13(8-12)10(3)4;1-9(2)12-7-6-11(5)13(8-12)10(3)4;1-9(2)12-7-6-8-13(10(3)4)11(12)5;1-5-11-8-12(6-2)10(4)13(7-3)9-11;1-8(2)10-6-4-9(3)5-7-10;1-8(2)10-6-4-5-9(3)7-10;1-8(2)10-7-5-4-6-9(10)3/h8-12H,1-7H3;3*6-10H,1-5H3;8-9H,5-7H2,1-4H3;3*4-8H,1-3H3. The van der Waals surface area contributed by atoms with E-state index in [2.05, 4.69) is 394 Å². The maximum Gasteiger partial charge on any atom is -0.0216 e. The van der Waals surface area contributed by atoms with E-state index in [1.807, 2.05) is 0 Å². The summed E-state index contributed by atoms with van der Waals surface area (Å²) >= 11 is 0. The Bertz CT molecular complexity index is 3390. The molecule has 0 N–H and O–H groups in total. The number of hydrogen-bond acceptors (Lipinski definition) is 0. The van der Waals surface area contributed by atoms with Gasteiger partial charge in [-0.1, -0.05) is 355 Å². The van der Waals surface area contributed by atoms with E-state index in [0.717, 1.165) is 19.3 Å². The summed E-state index contributed by atoms with van der Waals surface area (Å²) in [5, 5.41) is 0. The van der Waals surface area contributed by atoms with Gasteiger partial charge in [-0.3, -0.25) is 0 Å². The van der Waals surface area contributed by atoms with E-state index in [1.165, 1.54) is 128 Å². The highest BCUT2D eigenvalue weighted by atomic mass is 14.2. The summed E-state index contributed by atoms with van der Waals surface area (Å²) in [5.74, 6) is 7.65. The van der Waals surface area contributed by atoms with Crippen molar-refractivity contribution in [1.82, 2.24) is 0 Å². The van der Waals surface area contributed by atoms with Gasteiger partial charge >= 0.3 is 0 Å². The fourth-order valence-electron chi connectivity index (χ4n) is 12.5. The van der Waals surface area contributed by atoms with Gasteiger partial charge in [-0.25, -0.2) is 0 Å². The summed E-state index contributed by atoms with van der Waals surface area (Å²) in [6.45, 7) is 78.3. The molecule has 98 heavy (non-hydrogen) atoms. The molecule has 0 aromatic heterocycles. The molecule has 0 spiro atoms. The Morgan fingerprint density at radius 2 is 0.531 bits per heavy atom. The minimum atomic E-state index is 0.621. The molecule has 0 saturated carbocycles. The topological polar surface area (TPSA) is 0 Å². The van der Waals surface area contributed by atoms with E-state index in [4.69, 9.17) is 0 Å². The highest BCUT2D eigenvalue weighted by Crippen LogP contribution is 2.33. The third kappa shape index (κ3) is 31.5. The van der Waals surface area contributed by atoms with Crippen LogP contribution in [0.1, 0.15) is 386 Å². The molecule has 0 atom stereocenters. The lowest BCUT2D eigenvalue weighted by molar-refractivity contribution is 0.792. The number of hydrogen-bond donors (Lipinski definition) is 0. The first-order chi connectivity index (χ1) is 45.7. The van der Waals surface area contributed by atoms with Crippen molar-refractivity contribution in [1.29, 1.82) is 0 Å². The second-order valence-corrected chi connectivity index (χ2v) is 31.8. The van der Waals surface area contributed by atoms with E-state index >= 15 is 0 Å². The fraction of sp³-hybridized carbons (Fsp3) is 0.510. The molecule has 0 amide bonds. The molecule has 0 heteroatoms. The molecule has 0 heterocycles. The lowest BCUT2D eigenvalue weighted by Gasteiger charge is -2.20. The maximum atomic E-state index is 2.40. The van der Waals surface area contributed by atoms with E-state index in [-0.39, 0.29) is 0 Å². The highest BCUT2D eigenvalue weighted by Gasteiger charge is 2.15. The van der Waals surface area contributed by atoms with Crippen LogP contribution in [0.15, 0.2) is 152 Å². The summed E-state index contributed by atoms with van der Waals surface area (Å²) < 4.78 is 0. The SMILES string of the molecule is CCc1cc(CC)c(C)c(CC)c1.Cc1c(C(C)C)cc(C(C)C)cc1C(C)C.Cc1c(C(C)C)cccc1C(C)C.Cc1cc(C(C)C)cc(C(C)C)c1.Cc1ccc(C(C)C)cc1.Cc1ccc(C(C)C)cc1C(C)C.Cc1cccc(C(C)C)c1.Cc1ccccc1C(C)C. The second-order valence-electron chi connectivity index (χ2n) is 31.8. The average molecular weight is 1330 g/mol. The van der Waals surface area contributed by atoms with Gasteiger partial charge in [-0.2, -0.15) is 0 Å². The van der Waals surface area contributed by atoms with Gasteiger partial charge in [0.2, 0.25) is 0 Å². The first-order valence-electron chi connectivity index (χ1n) is 38.5. The summed E-state index contributed by atoms with van der Waals surface area (Å²) in [4.78, 5) is 0. The number of rotatable bonds is 15. The van der Waals surface area contributed by atoms with Crippen molar-refractivity contribution in [2.24, 2.45) is 0 Å². The van der Waals surface area contributed by atoms with Crippen LogP contribution >= 0.6 is 0 Å². The van der Waals surface area contributed by atoms with Crippen LogP contribution in [0.5, 0.6) is 0 Å². The van der Waals surface area contributed by atoms with Gasteiger partial charge in [0.25, 0.3) is 0 Å². The predicted molar refractivity (Wildman–Crippen MR) is 447 cm³/mol. The van der Waals surface area contributed by atoms with Crippen LogP contribution in [-0.2, 0) is 19.3 Å². The molecule has 0 unspecified atom stereocenters. The van der Waals surface area contributed by atoms with Crippen LogP contribution in [0.25, 0.3) is 0 Å². The zero-order chi connectivity index (χ0) is 75.0. The average Bonchev–Trinajstić information content (AvgIpc) is 0.862. The Labute approximate surface area is 608 Å². The molecule has 0 radical (unpaired) electrons. The molecule has 0 saturated heterocycles. The molecule has 0 aliphatic carbocycles. The third-order valence-corrected chi connectivity index (χ3v) is 19.2. The largest absolute Gasteiger partial charge is 0.0620 e. The smallest absolute Gasteiger partial charge is 0.0216 e. The monoisotopic (exact) mass is 1330 g/mol. The predicted octanol–water partition coefficient (Wildman–Crippen LogP) is 31.1. The van der Waals surface area contributed by atoms with Gasteiger partial charge in [0, 0.05) is 0 Å². The van der Waals surface area contributed by atoms with Crippen molar-refractivity contribution >= 4 is 0 Å². The lowest BCUT2D eigenvalue weighted by Crippen LogP contribution is -2.03. The van der Waals surface area contributed by atoms with E-state index in [9.17, 15) is 0 Å². The van der Waals surface area contributed by atoms with E-state index in [0.29, 0.717) is 71.0 Å². The van der Waals surface area contributed by atoms with Crippen LogP contribution in [-0.4, -0.2) is 0 Å². The molecule has 0 bridgehead atoms. The van der Waals surface area contributed by atoms with Crippen LogP contribution < -0.4 is 0 Å². The quantitative estimate of drug-likeness (QED) is 0.0960. The molecule has 0 nitrogen and oxygen atoms in total. The molecular formula is C98H148. The minimum absolute atomic E-state index is 0.621. The van der Waals surface area contributed by atoms with Gasteiger partial charge in [0.15, 0.2) is 0 Å². The van der Waals surface area contributed by atoms with Crippen molar-refractivity contribution in [2.75, 3.05) is 0 Å². The van der Waals surface area contributed by atoms with Gasteiger partial charge in [0.1, 0.15) is 0 Å². The number of benzene rings is 8. The van der Waals surface area contributed by atoms with Gasteiger partial charge in [0.05, 0.1) is 0 Å². The van der Waals surface area contributed by atoms with Crippen molar-refractivity contribution in [3.63, 3.8) is 0 Å². The zero-order valence-corrected chi connectivity index (χ0v) is 70.0. The zero-order valence-electron chi connectivity index (χ0n) is 70.0. The normalized spacial score (nSPS) is 11.0. The molecule has 540 valence electrons.